The van der Waals surface area contributed by atoms with Crippen LogP contribution in [0.2, 0.25) is 0 Å². The molecule has 0 aliphatic carbocycles. The van der Waals surface area contributed by atoms with Crippen molar-refractivity contribution in [3.63, 3.8) is 0 Å². The Hall–Kier alpha value is -1.90. The summed E-state index contributed by atoms with van der Waals surface area (Å²) in [6, 6.07) is 0. The van der Waals surface area contributed by atoms with Gasteiger partial charge in [-0.15, -0.1) is 0 Å². The zero-order valence-corrected chi connectivity index (χ0v) is 12.0. The van der Waals surface area contributed by atoms with Crippen molar-refractivity contribution in [1.29, 1.82) is 0 Å². The molecule has 0 unspecified atom stereocenters. The Bertz CT molecular complexity index is 465. The number of nitrogens with two attached hydrogens (primary N) is 2. The summed E-state index contributed by atoms with van der Waals surface area (Å²) >= 11 is 3.33. The number of hydrogen-bond acceptors (Lipinski definition) is 6. The predicted octanol–water partition coefficient (Wildman–Crippen LogP) is -0.552. The molecule has 2 amide bonds. The Balaban J connectivity index is 3.10. The Labute approximate surface area is 118 Å². The van der Waals surface area contributed by atoms with Crippen LogP contribution in [0, 0.1) is 0 Å². The molecule has 0 spiro atoms. The van der Waals surface area contributed by atoms with Gasteiger partial charge < -0.3 is 21.7 Å². The van der Waals surface area contributed by atoms with Crippen molar-refractivity contribution in [3.8, 4) is 0 Å². The number of carbonyl (C=O) groups is 2. The second-order valence-corrected chi connectivity index (χ2v) is 4.47. The fraction of sp³-hybridized carbons (Fsp3) is 0.400. The maximum absolute atomic E-state index is 11.0. The molecule has 0 saturated carbocycles. The normalized spacial score (nSPS) is 10.0. The van der Waals surface area contributed by atoms with Crippen LogP contribution in [0.5, 0.6) is 0 Å². The van der Waals surface area contributed by atoms with Crippen LogP contribution < -0.4 is 21.7 Å². The minimum atomic E-state index is -0.586. The summed E-state index contributed by atoms with van der Waals surface area (Å²) < 4.78 is 0.541. The maximum atomic E-state index is 11.0. The molecule has 0 aromatic carbocycles. The van der Waals surface area contributed by atoms with Crippen LogP contribution in [0.3, 0.4) is 0 Å². The molecule has 1 aromatic heterocycles. The van der Waals surface area contributed by atoms with E-state index in [1.165, 1.54) is 11.2 Å². The molecular formula is C10H15BrN6O2. The monoisotopic (exact) mass is 330 g/mol. The summed E-state index contributed by atoms with van der Waals surface area (Å²) in [4.78, 5) is 31.5. The molecule has 0 radical (unpaired) electrons. The van der Waals surface area contributed by atoms with Gasteiger partial charge in [0, 0.05) is 6.54 Å². The van der Waals surface area contributed by atoms with E-state index < -0.39 is 11.8 Å². The van der Waals surface area contributed by atoms with Crippen molar-refractivity contribution >= 4 is 39.4 Å². The molecule has 0 fully saturated rings. The molecule has 8 nitrogen and oxygen atoms in total. The van der Waals surface area contributed by atoms with Gasteiger partial charge in [-0.05, 0) is 22.9 Å². The van der Waals surface area contributed by atoms with Gasteiger partial charge in [0.1, 0.15) is 22.4 Å². The number of rotatable bonds is 7. The lowest BCUT2D eigenvalue weighted by Crippen LogP contribution is -2.40. The van der Waals surface area contributed by atoms with E-state index >= 15 is 0 Å². The van der Waals surface area contributed by atoms with Crippen LogP contribution in [0.1, 0.15) is 6.92 Å². The number of anilines is 2. The quantitative estimate of drug-likeness (QED) is 0.615. The lowest BCUT2D eigenvalue weighted by molar-refractivity contribution is -0.117. The Morgan fingerprint density at radius 2 is 1.89 bits per heavy atom. The summed E-state index contributed by atoms with van der Waals surface area (Å²) in [5.74, 6) is -0.233. The first-order valence-electron chi connectivity index (χ1n) is 5.51. The lowest BCUT2D eigenvalue weighted by Gasteiger charge is -2.22. The van der Waals surface area contributed by atoms with Gasteiger partial charge in [0.2, 0.25) is 11.8 Å². The van der Waals surface area contributed by atoms with Gasteiger partial charge in [-0.3, -0.25) is 9.59 Å². The number of aromatic nitrogens is 2. The van der Waals surface area contributed by atoms with E-state index in [1.807, 2.05) is 6.92 Å². The van der Waals surface area contributed by atoms with E-state index in [2.05, 4.69) is 31.2 Å². The van der Waals surface area contributed by atoms with Crippen molar-refractivity contribution in [3.05, 3.63) is 10.8 Å². The van der Waals surface area contributed by atoms with Gasteiger partial charge in [-0.2, -0.15) is 0 Å². The van der Waals surface area contributed by atoms with E-state index in [1.54, 1.807) is 0 Å². The third-order valence-electron chi connectivity index (χ3n) is 2.11. The molecule has 1 heterocycles. The standard InChI is InChI=1S/C10H15BrN6O2/c1-2-14-9-8(11)10(16-5-15-9)17(3-6(12)18)4-7(13)19/h5H,2-4H2,1H3,(H2,12,18)(H2,13,19)(H,14,15,16). The Morgan fingerprint density at radius 1 is 1.32 bits per heavy atom. The van der Waals surface area contributed by atoms with Crippen LogP contribution in [-0.2, 0) is 9.59 Å². The number of halogens is 1. The molecular weight excluding hydrogens is 316 g/mol. The van der Waals surface area contributed by atoms with Crippen molar-refractivity contribution < 1.29 is 9.59 Å². The molecule has 1 aromatic rings. The van der Waals surface area contributed by atoms with Crippen molar-refractivity contribution in [1.82, 2.24) is 9.97 Å². The molecule has 5 N–H and O–H groups in total. The molecule has 19 heavy (non-hydrogen) atoms. The topological polar surface area (TPSA) is 127 Å². The van der Waals surface area contributed by atoms with Crippen LogP contribution in [0.25, 0.3) is 0 Å². The first-order valence-corrected chi connectivity index (χ1v) is 6.31. The highest BCUT2D eigenvalue weighted by Crippen LogP contribution is 2.29. The first kappa shape index (κ1) is 15.2. The number of carbonyl (C=O) groups excluding carboxylic acids is 2. The number of nitrogens with zero attached hydrogens (tertiary/aromatic N) is 3. The van der Waals surface area contributed by atoms with E-state index in [4.69, 9.17) is 11.5 Å². The van der Waals surface area contributed by atoms with Gasteiger partial charge in [-0.25, -0.2) is 9.97 Å². The molecule has 0 aliphatic rings. The highest BCUT2D eigenvalue weighted by molar-refractivity contribution is 9.10. The van der Waals surface area contributed by atoms with Gasteiger partial charge >= 0.3 is 0 Å². The lowest BCUT2D eigenvalue weighted by atomic mass is 10.4. The molecule has 0 atom stereocenters. The van der Waals surface area contributed by atoms with Crippen LogP contribution in [0.4, 0.5) is 11.6 Å². The molecule has 0 aliphatic heterocycles. The van der Waals surface area contributed by atoms with Crippen LogP contribution >= 0.6 is 15.9 Å². The van der Waals surface area contributed by atoms with E-state index in [9.17, 15) is 9.59 Å². The summed E-state index contributed by atoms with van der Waals surface area (Å²) in [6.45, 7) is 2.26. The first-order chi connectivity index (χ1) is 8.95. The van der Waals surface area contributed by atoms with Crippen molar-refractivity contribution in [2.45, 2.75) is 6.92 Å². The average molecular weight is 331 g/mol. The number of nitrogens with one attached hydrogen (secondary N) is 1. The molecule has 0 saturated heterocycles. The zero-order valence-electron chi connectivity index (χ0n) is 10.4. The number of hydrogen-bond donors (Lipinski definition) is 3. The van der Waals surface area contributed by atoms with E-state index in [0.29, 0.717) is 22.7 Å². The highest BCUT2D eigenvalue weighted by atomic mass is 79.9. The summed E-state index contributed by atoms with van der Waals surface area (Å²) in [5, 5.41) is 3.02. The molecule has 9 heteroatoms. The SMILES string of the molecule is CCNc1ncnc(N(CC(N)=O)CC(N)=O)c1Br. The summed E-state index contributed by atoms with van der Waals surface area (Å²) in [6.07, 6.45) is 1.33. The zero-order chi connectivity index (χ0) is 14.4. The molecule has 0 bridgehead atoms. The minimum Gasteiger partial charge on any atom is -0.369 e. The van der Waals surface area contributed by atoms with E-state index in [0.717, 1.165) is 0 Å². The van der Waals surface area contributed by atoms with Gasteiger partial charge in [-0.1, -0.05) is 0 Å². The average Bonchev–Trinajstić information content (AvgIpc) is 2.30. The Morgan fingerprint density at radius 3 is 2.37 bits per heavy atom. The largest absolute Gasteiger partial charge is 0.369 e. The third kappa shape index (κ3) is 4.36. The van der Waals surface area contributed by atoms with Crippen LogP contribution in [0.15, 0.2) is 10.8 Å². The fourth-order valence-electron chi connectivity index (χ4n) is 1.45. The third-order valence-corrected chi connectivity index (χ3v) is 2.84. The van der Waals surface area contributed by atoms with Crippen molar-refractivity contribution in [2.75, 3.05) is 29.9 Å². The van der Waals surface area contributed by atoms with Gasteiger partial charge in [0.25, 0.3) is 0 Å². The maximum Gasteiger partial charge on any atom is 0.237 e. The summed E-state index contributed by atoms with van der Waals surface area (Å²) in [7, 11) is 0. The minimum absolute atomic E-state index is 0.163. The van der Waals surface area contributed by atoms with Gasteiger partial charge in [0.15, 0.2) is 0 Å². The predicted molar refractivity (Wildman–Crippen MR) is 74.5 cm³/mol. The number of primary amides is 2. The van der Waals surface area contributed by atoms with Gasteiger partial charge in [0.05, 0.1) is 13.1 Å². The smallest absolute Gasteiger partial charge is 0.237 e. The summed E-state index contributed by atoms with van der Waals surface area (Å²) in [5.41, 5.74) is 10.3. The van der Waals surface area contributed by atoms with Crippen LogP contribution in [-0.4, -0.2) is 41.4 Å². The fourth-order valence-corrected chi connectivity index (χ4v) is 2.05. The molecule has 1 rings (SSSR count). The van der Waals surface area contributed by atoms with Crippen molar-refractivity contribution in [2.24, 2.45) is 11.5 Å². The Kier molecular flexibility index (Phi) is 5.49. The second-order valence-electron chi connectivity index (χ2n) is 3.68. The van der Waals surface area contributed by atoms with E-state index in [-0.39, 0.29) is 13.1 Å². The number of amides is 2. The molecule has 104 valence electrons. The highest BCUT2D eigenvalue weighted by Gasteiger charge is 2.18. The second kappa shape index (κ2) is 6.88.